The molecule has 1 aromatic rings. The van der Waals surface area contributed by atoms with Crippen LogP contribution in [0.4, 0.5) is 0 Å². The van der Waals surface area contributed by atoms with Crippen molar-refractivity contribution in [1.82, 2.24) is 4.57 Å². The van der Waals surface area contributed by atoms with E-state index >= 15 is 0 Å². The van der Waals surface area contributed by atoms with Gasteiger partial charge in [0.1, 0.15) is 5.54 Å². The van der Waals surface area contributed by atoms with Gasteiger partial charge >= 0.3 is 5.97 Å². The molecule has 29 heavy (non-hydrogen) atoms. The van der Waals surface area contributed by atoms with Crippen molar-refractivity contribution in [1.29, 1.82) is 0 Å². The minimum absolute atomic E-state index is 0.0894. The second-order valence-corrected chi connectivity index (χ2v) is 14.8. The third-order valence-corrected chi connectivity index (χ3v) is 12.2. The lowest BCUT2D eigenvalue weighted by Gasteiger charge is -2.63. The highest BCUT2D eigenvalue weighted by molar-refractivity contribution is 6.80. The van der Waals surface area contributed by atoms with Crippen molar-refractivity contribution in [2.75, 3.05) is 6.61 Å². The number of benzene rings is 1. The molecule has 0 saturated carbocycles. The van der Waals surface area contributed by atoms with Crippen LogP contribution in [0.15, 0.2) is 30.3 Å². The second kappa shape index (κ2) is 8.58. The Hall–Kier alpha value is -1.70. The Bertz CT molecular complexity index is 730. The number of nitrogens with zero attached hydrogens (tertiary/aromatic N) is 1. The number of carbonyl (C=O) groups is 2. The third-order valence-electron chi connectivity index (χ3n) is 6.82. The van der Waals surface area contributed by atoms with Gasteiger partial charge in [0.2, 0.25) is 5.91 Å². The zero-order valence-corrected chi connectivity index (χ0v) is 19.2. The van der Waals surface area contributed by atoms with Crippen LogP contribution in [0.25, 0.3) is 0 Å². The Kier molecular flexibility index (Phi) is 6.97. The number of aliphatic carboxylic acids is 1. The van der Waals surface area contributed by atoms with Gasteiger partial charge < -0.3 is 19.9 Å². The minimum Gasteiger partial charge on any atom is -0.479 e. The van der Waals surface area contributed by atoms with E-state index in [0.717, 1.165) is 5.56 Å². The van der Waals surface area contributed by atoms with Crippen molar-refractivity contribution in [2.45, 2.75) is 76.2 Å². The molecule has 7 heteroatoms. The Morgan fingerprint density at radius 1 is 1.24 bits per heavy atom. The number of aliphatic hydroxyl groups excluding tert-OH is 2. The fraction of sp³-hybridized carbons (Fsp3) is 0.636. The molecule has 162 valence electrons. The minimum atomic E-state index is -2.43. The van der Waals surface area contributed by atoms with Gasteiger partial charge in [0.05, 0.1) is 18.6 Å². The van der Waals surface area contributed by atoms with E-state index in [4.69, 9.17) is 5.11 Å². The molecule has 1 aliphatic rings. The summed E-state index contributed by atoms with van der Waals surface area (Å²) in [6.07, 6.45) is 0.666. The highest BCUT2D eigenvalue weighted by Gasteiger charge is 2.69. The molecule has 1 unspecified atom stereocenters. The predicted octanol–water partition coefficient (Wildman–Crippen LogP) is 3.04. The first-order chi connectivity index (χ1) is 13.4. The molecule has 1 saturated heterocycles. The van der Waals surface area contributed by atoms with E-state index in [1.54, 1.807) is 4.57 Å². The van der Waals surface area contributed by atoms with Crippen molar-refractivity contribution >= 4 is 20.1 Å². The van der Waals surface area contributed by atoms with E-state index in [-0.39, 0.29) is 24.0 Å². The van der Waals surface area contributed by atoms with E-state index in [1.165, 1.54) is 0 Å². The zero-order chi connectivity index (χ0) is 22.0. The maximum atomic E-state index is 13.3. The first-order valence-electron chi connectivity index (χ1n) is 10.3. The molecule has 3 N–H and O–H groups in total. The number of hydrogen-bond acceptors (Lipinski definition) is 4. The summed E-state index contributed by atoms with van der Waals surface area (Å²) in [6.45, 7) is 10.0. The molecule has 1 aliphatic heterocycles. The lowest BCUT2D eigenvalue weighted by Crippen LogP contribution is -2.83. The third kappa shape index (κ3) is 4.27. The van der Waals surface area contributed by atoms with E-state index in [0.29, 0.717) is 19.3 Å². The van der Waals surface area contributed by atoms with Gasteiger partial charge in [-0.2, -0.15) is 0 Å². The molecule has 3 atom stereocenters. The Balaban J connectivity index is 2.45. The molecule has 1 aromatic carbocycles. The number of carboxylic acid groups (broad SMARTS) is 1. The van der Waals surface area contributed by atoms with Gasteiger partial charge in [0.15, 0.2) is 8.24 Å². The van der Waals surface area contributed by atoms with Gasteiger partial charge in [0.25, 0.3) is 0 Å². The number of aliphatic hydroxyl groups is 2. The lowest BCUT2D eigenvalue weighted by atomic mass is 9.69. The molecule has 0 aromatic heterocycles. The molecule has 0 aliphatic carbocycles. The average molecular weight is 422 g/mol. The van der Waals surface area contributed by atoms with Crippen LogP contribution in [0.1, 0.15) is 45.6 Å². The van der Waals surface area contributed by atoms with E-state index in [1.807, 2.05) is 30.3 Å². The molecule has 1 fully saturated rings. The van der Waals surface area contributed by atoms with Crippen molar-refractivity contribution in [3.63, 3.8) is 0 Å². The Labute approximate surface area is 174 Å². The molecule has 2 rings (SSSR count). The lowest BCUT2D eigenvalue weighted by molar-refractivity contribution is -0.179. The SMILES string of the molecule is CC(C)(C)[Si](C)(C)N1C(=O)[C@H](CCCC(O)CO)[C@@]1(Cc1ccccc1)C(=O)O. The van der Waals surface area contributed by atoms with Crippen LogP contribution in [0.5, 0.6) is 0 Å². The summed E-state index contributed by atoms with van der Waals surface area (Å²) < 4.78 is 1.72. The monoisotopic (exact) mass is 421 g/mol. The molecule has 0 radical (unpaired) electrons. The second-order valence-electron chi connectivity index (χ2n) is 9.69. The topological polar surface area (TPSA) is 98.1 Å². The van der Waals surface area contributed by atoms with Crippen molar-refractivity contribution in [3.05, 3.63) is 35.9 Å². The van der Waals surface area contributed by atoms with Crippen LogP contribution in [-0.2, 0) is 16.0 Å². The number of rotatable bonds is 9. The largest absolute Gasteiger partial charge is 0.479 e. The fourth-order valence-electron chi connectivity index (χ4n) is 4.20. The summed E-state index contributed by atoms with van der Waals surface area (Å²) >= 11 is 0. The van der Waals surface area contributed by atoms with Crippen LogP contribution < -0.4 is 0 Å². The van der Waals surface area contributed by atoms with Crippen molar-refractivity contribution in [2.24, 2.45) is 5.92 Å². The summed E-state index contributed by atoms with van der Waals surface area (Å²) in [4.78, 5) is 26.0. The van der Waals surface area contributed by atoms with Crippen molar-refractivity contribution in [3.8, 4) is 0 Å². The van der Waals surface area contributed by atoms with Crippen LogP contribution in [-0.4, -0.2) is 58.2 Å². The van der Waals surface area contributed by atoms with E-state index < -0.39 is 31.8 Å². The van der Waals surface area contributed by atoms with Gasteiger partial charge in [0, 0.05) is 6.42 Å². The van der Waals surface area contributed by atoms with E-state index in [2.05, 4.69) is 33.9 Å². The molecule has 1 heterocycles. The summed E-state index contributed by atoms with van der Waals surface area (Å²) in [5, 5.41) is 28.9. The smallest absolute Gasteiger partial charge is 0.330 e. The molecular weight excluding hydrogens is 386 g/mol. The average Bonchev–Trinajstić information content (AvgIpc) is 2.63. The summed E-state index contributed by atoms with van der Waals surface area (Å²) in [5.74, 6) is -1.67. The van der Waals surface area contributed by atoms with Gasteiger partial charge in [-0.15, -0.1) is 0 Å². The highest BCUT2D eigenvalue weighted by atomic mass is 28.3. The molecule has 6 nitrogen and oxygen atoms in total. The Morgan fingerprint density at radius 2 is 1.83 bits per heavy atom. The predicted molar refractivity (Wildman–Crippen MR) is 115 cm³/mol. The number of amides is 1. The first kappa shape index (κ1) is 23.6. The van der Waals surface area contributed by atoms with Gasteiger partial charge in [-0.05, 0) is 29.9 Å². The normalized spacial score (nSPS) is 23.6. The summed E-state index contributed by atoms with van der Waals surface area (Å²) in [6, 6.07) is 9.47. The maximum absolute atomic E-state index is 13.3. The molecule has 0 bridgehead atoms. The van der Waals surface area contributed by atoms with Gasteiger partial charge in [-0.3, -0.25) is 4.79 Å². The van der Waals surface area contributed by atoms with Crippen molar-refractivity contribution < 1.29 is 24.9 Å². The Morgan fingerprint density at radius 3 is 2.31 bits per heavy atom. The number of carbonyl (C=O) groups excluding carboxylic acids is 1. The molecule has 1 amide bonds. The number of β-lactam (4-membered cyclic amide) rings is 1. The summed E-state index contributed by atoms with van der Waals surface area (Å²) in [7, 11) is -2.43. The first-order valence-corrected chi connectivity index (χ1v) is 13.2. The summed E-state index contributed by atoms with van der Waals surface area (Å²) in [5.41, 5.74) is -0.377. The quantitative estimate of drug-likeness (QED) is 0.420. The number of hydrogen-bond donors (Lipinski definition) is 3. The fourth-order valence-corrected chi connectivity index (χ4v) is 6.90. The van der Waals surface area contributed by atoms with Crippen LogP contribution in [0, 0.1) is 5.92 Å². The molecular formula is C22H35NO5Si. The van der Waals surface area contributed by atoms with Crippen LogP contribution >= 0.6 is 0 Å². The standard InChI is InChI=1S/C22H35NO5Si/c1-21(2,3)29(4,5)23-19(26)18(13-9-12-17(25)15-24)22(23,20(27)28)14-16-10-7-6-8-11-16/h6-8,10-11,17-18,24-25H,9,12-15H2,1-5H3,(H,27,28)/t17?,18-,22-/m0/s1. The maximum Gasteiger partial charge on any atom is 0.330 e. The van der Waals surface area contributed by atoms with Crippen LogP contribution in [0.3, 0.4) is 0 Å². The zero-order valence-electron chi connectivity index (χ0n) is 18.2. The van der Waals surface area contributed by atoms with E-state index in [9.17, 15) is 19.8 Å². The highest BCUT2D eigenvalue weighted by Crippen LogP contribution is 2.52. The van der Waals surface area contributed by atoms with Gasteiger partial charge in [-0.1, -0.05) is 64.2 Å². The number of carboxylic acids is 1. The van der Waals surface area contributed by atoms with Gasteiger partial charge in [-0.25, -0.2) is 4.79 Å². The molecule has 0 spiro atoms. The van der Waals surface area contributed by atoms with Crippen LogP contribution in [0.2, 0.25) is 18.1 Å².